The Morgan fingerprint density at radius 3 is 2.54 bits per heavy atom. The molecule has 5 nitrogen and oxygen atoms in total. The number of halogens is 2. The lowest BCUT2D eigenvalue weighted by Gasteiger charge is -2.15. The highest BCUT2D eigenvalue weighted by Crippen LogP contribution is 2.34. The van der Waals surface area contributed by atoms with Crippen molar-refractivity contribution in [2.45, 2.75) is 6.61 Å². The van der Waals surface area contributed by atoms with E-state index in [4.69, 9.17) is 32.7 Å². The average Bonchev–Trinajstić information content (AvgIpc) is 2.88. The Morgan fingerprint density at radius 2 is 1.74 bits per heavy atom. The highest BCUT2D eigenvalue weighted by Gasteiger charge is 2.16. The van der Waals surface area contributed by atoms with E-state index in [1.165, 1.54) is 13.2 Å². The van der Waals surface area contributed by atoms with Gasteiger partial charge in [-0.25, -0.2) is 0 Å². The molecule has 0 aliphatic heterocycles. The molecule has 0 atom stereocenters. The first-order chi connectivity index (χ1) is 17.0. The summed E-state index contributed by atoms with van der Waals surface area (Å²) >= 11 is 12.2. The van der Waals surface area contributed by atoms with Crippen LogP contribution in [-0.4, -0.2) is 13.0 Å². The molecule has 0 aliphatic carbocycles. The number of ether oxygens (including phenoxy) is 2. The van der Waals surface area contributed by atoms with Crippen molar-refractivity contribution in [2.75, 3.05) is 12.4 Å². The Labute approximate surface area is 213 Å². The van der Waals surface area contributed by atoms with Crippen molar-refractivity contribution in [3.63, 3.8) is 0 Å². The zero-order valence-corrected chi connectivity index (χ0v) is 20.2. The molecule has 4 aromatic carbocycles. The molecule has 7 heteroatoms. The van der Waals surface area contributed by atoms with Crippen LogP contribution in [-0.2, 0) is 11.4 Å². The van der Waals surface area contributed by atoms with Crippen LogP contribution < -0.4 is 14.8 Å². The quantitative estimate of drug-likeness (QED) is 0.213. The topological polar surface area (TPSA) is 71.3 Å². The average molecular weight is 503 g/mol. The van der Waals surface area contributed by atoms with E-state index in [2.05, 4.69) is 5.32 Å². The number of rotatable bonds is 7. The molecule has 0 radical (unpaired) electrons. The summed E-state index contributed by atoms with van der Waals surface area (Å²) in [7, 11) is 1.53. The summed E-state index contributed by atoms with van der Waals surface area (Å²) in [4.78, 5) is 12.8. The molecule has 0 unspecified atom stereocenters. The van der Waals surface area contributed by atoms with E-state index in [1.54, 1.807) is 36.4 Å². The van der Waals surface area contributed by atoms with Crippen LogP contribution in [0.4, 0.5) is 5.69 Å². The Bertz CT molecular complexity index is 1470. The second-order valence-electron chi connectivity index (χ2n) is 7.53. The summed E-state index contributed by atoms with van der Waals surface area (Å²) in [5, 5.41) is 15.0. The van der Waals surface area contributed by atoms with Gasteiger partial charge in [0.2, 0.25) is 0 Å². The van der Waals surface area contributed by atoms with Gasteiger partial charge in [-0.15, -0.1) is 0 Å². The number of nitrogens with one attached hydrogen (secondary N) is 1. The molecule has 0 aliphatic rings. The second-order valence-corrected chi connectivity index (χ2v) is 8.32. The molecule has 1 N–H and O–H groups in total. The summed E-state index contributed by atoms with van der Waals surface area (Å²) in [6.07, 6.45) is 1.45. The minimum Gasteiger partial charge on any atom is -0.493 e. The van der Waals surface area contributed by atoms with Crippen LogP contribution in [0.2, 0.25) is 10.0 Å². The Kier molecular flexibility index (Phi) is 7.57. The van der Waals surface area contributed by atoms with Crippen LogP contribution in [0.5, 0.6) is 11.5 Å². The molecule has 1 amide bonds. The molecule has 0 spiro atoms. The van der Waals surface area contributed by atoms with Gasteiger partial charge in [-0.3, -0.25) is 4.79 Å². The van der Waals surface area contributed by atoms with Gasteiger partial charge >= 0.3 is 0 Å². The van der Waals surface area contributed by atoms with Crippen LogP contribution in [0.15, 0.2) is 84.4 Å². The fourth-order valence-corrected chi connectivity index (χ4v) is 3.97. The van der Waals surface area contributed by atoms with Gasteiger partial charge < -0.3 is 14.8 Å². The summed E-state index contributed by atoms with van der Waals surface area (Å²) in [5.74, 6) is 0.276. The van der Waals surface area contributed by atoms with Gasteiger partial charge in [0.1, 0.15) is 18.2 Å². The molecular formula is C28H20Cl2N2O3. The van der Waals surface area contributed by atoms with Crippen molar-refractivity contribution < 1.29 is 14.3 Å². The number of para-hydroxylation sites is 1. The lowest BCUT2D eigenvalue weighted by Crippen LogP contribution is -2.14. The number of carbonyl (C=O) groups excluding carboxylic acids is 1. The zero-order valence-electron chi connectivity index (χ0n) is 18.7. The summed E-state index contributed by atoms with van der Waals surface area (Å²) in [6.45, 7) is 0.273. The summed E-state index contributed by atoms with van der Waals surface area (Å²) in [6, 6.07) is 26.1. The molecule has 0 saturated heterocycles. The van der Waals surface area contributed by atoms with Crippen molar-refractivity contribution in [3.05, 3.63) is 106 Å². The van der Waals surface area contributed by atoms with Crippen LogP contribution >= 0.6 is 23.2 Å². The number of fused-ring (bicyclic) bond motifs is 1. The zero-order chi connectivity index (χ0) is 24.8. The summed E-state index contributed by atoms with van der Waals surface area (Å²) < 4.78 is 11.7. The number of methoxy groups -OCH3 is 1. The maximum atomic E-state index is 12.8. The van der Waals surface area contributed by atoms with Crippen molar-refractivity contribution >= 4 is 51.6 Å². The van der Waals surface area contributed by atoms with Crippen molar-refractivity contribution in [2.24, 2.45) is 0 Å². The maximum absolute atomic E-state index is 12.8. The van der Waals surface area contributed by atoms with E-state index in [1.807, 2.05) is 48.5 Å². The Morgan fingerprint density at radius 1 is 1.00 bits per heavy atom. The number of hydrogen-bond acceptors (Lipinski definition) is 4. The number of nitrogens with zero attached hydrogens (tertiary/aromatic N) is 1. The fourth-order valence-electron chi connectivity index (χ4n) is 3.62. The van der Waals surface area contributed by atoms with Crippen molar-refractivity contribution in [3.8, 4) is 17.6 Å². The Balaban J connectivity index is 1.64. The van der Waals surface area contributed by atoms with E-state index < -0.39 is 5.91 Å². The minimum absolute atomic E-state index is 0.135. The predicted molar refractivity (Wildman–Crippen MR) is 140 cm³/mol. The monoisotopic (exact) mass is 502 g/mol. The first-order valence-electron chi connectivity index (χ1n) is 10.7. The van der Waals surface area contributed by atoms with Gasteiger partial charge in [-0.2, -0.15) is 5.26 Å². The van der Waals surface area contributed by atoms with Gasteiger partial charge in [0, 0.05) is 5.56 Å². The van der Waals surface area contributed by atoms with Crippen LogP contribution in [0.3, 0.4) is 0 Å². The van der Waals surface area contributed by atoms with E-state index in [9.17, 15) is 10.1 Å². The third kappa shape index (κ3) is 5.41. The van der Waals surface area contributed by atoms with Crippen LogP contribution in [0.1, 0.15) is 11.1 Å². The largest absolute Gasteiger partial charge is 0.493 e. The van der Waals surface area contributed by atoms with E-state index in [-0.39, 0.29) is 17.2 Å². The first-order valence-corrected chi connectivity index (χ1v) is 11.4. The third-order valence-electron chi connectivity index (χ3n) is 5.35. The fraction of sp³-hybridized carbons (Fsp3) is 0.0714. The molecular weight excluding hydrogens is 483 g/mol. The smallest absolute Gasteiger partial charge is 0.266 e. The van der Waals surface area contributed by atoms with Crippen LogP contribution in [0, 0.1) is 11.3 Å². The Hall–Kier alpha value is -3.98. The summed E-state index contributed by atoms with van der Waals surface area (Å²) in [5.41, 5.74) is 1.69. The number of anilines is 1. The number of amides is 1. The predicted octanol–water partition coefficient (Wildman–Crippen LogP) is 7.28. The van der Waals surface area contributed by atoms with E-state index in [0.29, 0.717) is 27.8 Å². The lowest BCUT2D eigenvalue weighted by molar-refractivity contribution is -0.112. The highest BCUT2D eigenvalue weighted by molar-refractivity contribution is 6.44. The lowest BCUT2D eigenvalue weighted by atomic mass is 10.1. The molecule has 0 fully saturated rings. The van der Waals surface area contributed by atoms with Crippen molar-refractivity contribution in [1.29, 1.82) is 5.26 Å². The number of benzene rings is 4. The maximum Gasteiger partial charge on any atom is 0.266 e. The molecule has 0 saturated carbocycles. The van der Waals surface area contributed by atoms with Crippen LogP contribution in [0.25, 0.3) is 16.8 Å². The van der Waals surface area contributed by atoms with Gasteiger partial charge in [-0.05, 0) is 40.6 Å². The SMILES string of the molecule is COc1cccc(/C=C(\C#N)C(=O)Nc2cccc(Cl)c2Cl)c1OCc1cccc2ccccc12. The molecule has 4 aromatic rings. The van der Waals surface area contributed by atoms with Gasteiger partial charge in [0.05, 0.1) is 22.8 Å². The molecule has 35 heavy (non-hydrogen) atoms. The van der Waals surface area contributed by atoms with Crippen molar-refractivity contribution in [1.82, 2.24) is 0 Å². The second kappa shape index (κ2) is 11.0. The number of hydrogen-bond donors (Lipinski definition) is 1. The standard InChI is InChI=1S/C28H20Cl2N2O3/c1-34-25-14-5-9-19(15-21(16-31)28(33)32-24-13-6-12-23(29)26(24)30)27(25)35-17-20-10-4-8-18-7-2-3-11-22(18)20/h2-15H,17H2,1H3,(H,32,33)/b21-15+. The number of carbonyl (C=O) groups is 1. The van der Waals surface area contributed by atoms with Gasteiger partial charge in [0.25, 0.3) is 5.91 Å². The molecule has 174 valence electrons. The molecule has 4 rings (SSSR count). The normalized spacial score (nSPS) is 11.1. The van der Waals surface area contributed by atoms with E-state index >= 15 is 0 Å². The third-order valence-corrected chi connectivity index (χ3v) is 6.16. The van der Waals surface area contributed by atoms with Gasteiger partial charge in [-0.1, -0.05) is 83.9 Å². The van der Waals surface area contributed by atoms with Gasteiger partial charge in [0.15, 0.2) is 11.5 Å². The highest BCUT2D eigenvalue weighted by atomic mass is 35.5. The minimum atomic E-state index is -0.625. The first kappa shape index (κ1) is 24.2. The molecule has 0 heterocycles. The van der Waals surface area contributed by atoms with E-state index in [0.717, 1.165) is 16.3 Å². The molecule has 0 aromatic heterocycles. The molecule has 0 bridgehead atoms. The number of nitriles is 1.